The van der Waals surface area contributed by atoms with Crippen LogP contribution in [0.25, 0.3) is 0 Å². The van der Waals surface area contributed by atoms with Crippen molar-refractivity contribution in [1.29, 1.82) is 0 Å². The van der Waals surface area contributed by atoms with Gasteiger partial charge in [0.1, 0.15) is 0 Å². The maximum absolute atomic E-state index is 12.0. The van der Waals surface area contributed by atoms with Crippen molar-refractivity contribution in [3.05, 3.63) is 0 Å². The topological polar surface area (TPSA) is 85.4 Å². The molecule has 0 atom stereocenters. The highest BCUT2D eigenvalue weighted by molar-refractivity contribution is 5.77. The molecule has 0 aliphatic carbocycles. The number of carbonyl (C=O) groups excluding carboxylic acids is 1. The molecule has 0 unspecified atom stereocenters. The molecule has 2 N–H and O–H groups in total. The minimum atomic E-state index is -0.816. The lowest BCUT2D eigenvalue weighted by atomic mass is 10.3. The molecule has 0 aromatic carbocycles. The van der Waals surface area contributed by atoms with Crippen molar-refractivity contribution in [2.24, 2.45) is 0 Å². The second-order valence-corrected chi connectivity index (χ2v) is 6.26. The third kappa shape index (κ3) is 13.0. The molecular formula is C18H38N4O4. The summed E-state index contributed by atoms with van der Waals surface area (Å²) in [6.07, 6.45) is 0.798. The molecule has 154 valence electrons. The molecule has 0 bridgehead atoms. The third-order valence-corrected chi connectivity index (χ3v) is 4.38. The lowest BCUT2D eigenvalue weighted by Gasteiger charge is -2.27. The van der Waals surface area contributed by atoms with E-state index in [9.17, 15) is 9.59 Å². The normalized spacial score (nSPS) is 11.5. The van der Waals surface area contributed by atoms with E-state index in [1.54, 1.807) is 7.11 Å². The summed E-state index contributed by atoms with van der Waals surface area (Å²) in [5.41, 5.74) is 0. The number of rotatable bonds is 17. The number of amides is 1. The number of nitrogens with one attached hydrogen (secondary N) is 1. The monoisotopic (exact) mass is 374 g/mol. The van der Waals surface area contributed by atoms with Gasteiger partial charge in [-0.25, -0.2) is 0 Å². The standard InChI is InChI=1S/C18H38N4O4/c1-5-20(6-2)10-12-22(16-18(24)25)13-11-21(7-3)15-17(23)19-9-8-14-26-4/h5-16H2,1-4H3,(H,19,23)(H,24,25). The summed E-state index contributed by atoms with van der Waals surface area (Å²) in [5, 5.41) is 12.0. The van der Waals surface area contributed by atoms with Crippen molar-refractivity contribution in [3.8, 4) is 0 Å². The van der Waals surface area contributed by atoms with Gasteiger partial charge in [-0.1, -0.05) is 20.8 Å². The van der Waals surface area contributed by atoms with Gasteiger partial charge in [0, 0.05) is 46.4 Å². The molecule has 0 aliphatic heterocycles. The Bertz CT molecular complexity index is 378. The van der Waals surface area contributed by atoms with E-state index in [0.717, 1.165) is 39.1 Å². The molecule has 0 fully saturated rings. The van der Waals surface area contributed by atoms with E-state index >= 15 is 0 Å². The first kappa shape index (κ1) is 24.8. The molecule has 0 radical (unpaired) electrons. The average molecular weight is 375 g/mol. The largest absolute Gasteiger partial charge is 0.480 e. The number of carbonyl (C=O) groups is 2. The summed E-state index contributed by atoms with van der Waals surface area (Å²) in [5.74, 6) is -0.820. The van der Waals surface area contributed by atoms with E-state index in [1.165, 1.54) is 0 Å². The highest BCUT2D eigenvalue weighted by Crippen LogP contribution is 1.96. The zero-order chi connectivity index (χ0) is 19.8. The molecule has 0 aliphatic rings. The maximum Gasteiger partial charge on any atom is 0.317 e. The number of hydrogen-bond acceptors (Lipinski definition) is 6. The molecule has 8 heteroatoms. The molecule has 0 saturated carbocycles. The van der Waals surface area contributed by atoms with Crippen LogP contribution < -0.4 is 5.32 Å². The number of nitrogens with zero attached hydrogens (tertiary/aromatic N) is 3. The number of carboxylic acid groups (broad SMARTS) is 1. The van der Waals surface area contributed by atoms with Crippen LogP contribution in [0.3, 0.4) is 0 Å². The summed E-state index contributed by atoms with van der Waals surface area (Å²) in [7, 11) is 1.64. The van der Waals surface area contributed by atoms with Crippen LogP contribution in [0.15, 0.2) is 0 Å². The predicted octanol–water partition coefficient (Wildman–Crippen LogP) is 0.189. The molecule has 8 nitrogen and oxygen atoms in total. The Balaban J connectivity index is 4.32. The van der Waals surface area contributed by atoms with Crippen LogP contribution in [-0.4, -0.2) is 111 Å². The fraction of sp³-hybridized carbons (Fsp3) is 0.889. The van der Waals surface area contributed by atoms with Crippen LogP contribution in [0.4, 0.5) is 0 Å². The van der Waals surface area contributed by atoms with Crippen molar-refractivity contribution < 1.29 is 19.4 Å². The molecule has 0 aromatic heterocycles. The van der Waals surface area contributed by atoms with Crippen molar-refractivity contribution >= 4 is 11.9 Å². The Hall–Kier alpha value is -1.22. The quantitative estimate of drug-likeness (QED) is 0.352. The minimum Gasteiger partial charge on any atom is -0.480 e. The number of likely N-dealkylation sites (N-methyl/N-ethyl adjacent to an activating group) is 2. The molecule has 0 saturated heterocycles. The second kappa shape index (κ2) is 16.0. The van der Waals surface area contributed by atoms with E-state index in [-0.39, 0.29) is 12.5 Å². The number of hydrogen-bond donors (Lipinski definition) is 2. The van der Waals surface area contributed by atoms with Crippen LogP contribution in [0.2, 0.25) is 0 Å². The van der Waals surface area contributed by atoms with Gasteiger partial charge in [-0.2, -0.15) is 0 Å². The lowest BCUT2D eigenvalue weighted by molar-refractivity contribution is -0.138. The van der Waals surface area contributed by atoms with Gasteiger partial charge in [0.05, 0.1) is 13.1 Å². The zero-order valence-corrected chi connectivity index (χ0v) is 17.0. The summed E-state index contributed by atoms with van der Waals surface area (Å²) >= 11 is 0. The Morgan fingerprint density at radius 1 is 0.885 bits per heavy atom. The number of aliphatic carboxylic acids is 1. The van der Waals surface area contributed by atoms with E-state index in [0.29, 0.717) is 32.8 Å². The van der Waals surface area contributed by atoms with Crippen molar-refractivity contribution in [2.45, 2.75) is 27.2 Å². The first-order chi connectivity index (χ1) is 12.5. The minimum absolute atomic E-state index is 0.00382. The Labute approximate surface area is 158 Å². The van der Waals surface area contributed by atoms with Crippen molar-refractivity contribution in [2.75, 3.05) is 79.2 Å². The van der Waals surface area contributed by atoms with Crippen LogP contribution >= 0.6 is 0 Å². The third-order valence-electron chi connectivity index (χ3n) is 4.38. The molecule has 26 heavy (non-hydrogen) atoms. The molecular weight excluding hydrogens is 336 g/mol. The number of ether oxygens (including phenoxy) is 1. The smallest absolute Gasteiger partial charge is 0.317 e. The summed E-state index contributed by atoms with van der Waals surface area (Å²) in [4.78, 5) is 29.4. The summed E-state index contributed by atoms with van der Waals surface area (Å²) in [6.45, 7) is 13.4. The van der Waals surface area contributed by atoms with Crippen LogP contribution in [-0.2, 0) is 14.3 Å². The fourth-order valence-corrected chi connectivity index (χ4v) is 2.62. The van der Waals surface area contributed by atoms with Gasteiger partial charge >= 0.3 is 5.97 Å². The highest BCUT2D eigenvalue weighted by Gasteiger charge is 2.14. The molecule has 0 aromatic rings. The number of carboxylic acids is 1. The van der Waals surface area contributed by atoms with Crippen LogP contribution in [0.1, 0.15) is 27.2 Å². The van der Waals surface area contributed by atoms with Gasteiger partial charge < -0.3 is 20.1 Å². The average Bonchev–Trinajstić information content (AvgIpc) is 2.62. The predicted molar refractivity (Wildman–Crippen MR) is 103 cm³/mol. The van der Waals surface area contributed by atoms with Crippen LogP contribution in [0, 0.1) is 0 Å². The van der Waals surface area contributed by atoms with Crippen LogP contribution in [0.5, 0.6) is 0 Å². The van der Waals surface area contributed by atoms with Gasteiger partial charge in [-0.05, 0) is 26.1 Å². The zero-order valence-electron chi connectivity index (χ0n) is 17.0. The molecule has 0 spiro atoms. The van der Waals surface area contributed by atoms with Gasteiger partial charge in [-0.15, -0.1) is 0 Å². The SMILES string of the molecule is CCN(CC)CCN(CCN(CC)CC(=O)NCCCOC)CC(=O)O. The van der Waals surface area contributed by atoms with E-state index in [1.807, 2.05) is 16.7 Å². The van der Waals surface area contributed by atoms with E-state index in [2.05, 4.69) is 24.1 Å². The molecule has 1 amide bonds. The van der Waals surface area contributed by atoms with Gasteiger partial charge in [0.15, 0.2) is 0 Å². The first-order valence-corrected chi connectivity index (χ1v) is 9.61. The van der Waals surface area contributed by atoms with Gasteiger partial charge in [0.2, 0.25) is 5.91 Å². The maximum atomic E-state index is 12.0. The lowest BCUT2D eigenvalue weighted by Crippen LogP contribution is -2.44. The van der Waals surface area contributed by atoms with Gasteiger partial charge in [0.25, 0.3) is 0 Å². The van der Waals surface area contributed by atoms with E-state index < -0.39 is 5.97 Å². The van der Waals surface area contributed by atoms with Crippen molar-refractivity contribution in [3.63, 3.8) is 0 Å². The highest BCUT2D eigenvalue weighted by atomic mass is 16.5. The first-order valence-electron chi connectivity index (χ1n) is 9.61. The number of methoxy groups -OCH3 is 1. The summed E-state index contributed by atoms with van der Waals surface area (Å²) < 4.78 is 4.96. The molecule has 0 rings (SSSR count). The van der Waals surface area contributed by atoms with Gasteiger partial charge in [-0.3, -0.25) is 19.4 Å². The Morgan fingerprint density at radius 2 is 1.42 bits per heavy atom. The van der Waals surface area contributed by atoms with Crippen molar-refractivity contribution in [1.82, 2.24) is 20.0 Å². The Kier molecular flexibility index (Phi) is 15.2. The fourth-order valence-electron chi connectivity index (χ4n) is 2.62. The molecule has 0 heterocycles. The Morgan fingerprint density at radius 3 is 1.92 bits per heavy atom. The summed E-state index contributed by atoms with van der Waals surface area (Å²) in [6, 6.07) is 0. The van der Waals surface area contributed by atoms with E-state index in [4.69, 9.17) is 9.84 Å². The second-order valence-electron chi connectivity index (χ2n) is 6.26.